The molecule has 27 heavy (non-hydrogen) atoms. The second-order valence-corrected chi connectivity index (χ2v) is 11.0. The number of Topliss-reactive ketones (excluding diaryl/α,β-unsaturated/α-hetero) is 1. The second-order valence-electron chi connectivity index (χ2n) is 11.0. The van der Waals surface area contributed by atoms with Crippen LogP contribution in [-0.4, -0.2) is 22.6 Å². The molecule has 0 heterocycles. The highest BCUT2D eigenvalue weighted by atomic mass is 16.6. The highest BCUT2D eigenvalue weighted by Gasteiger charge is 2.33. The van der Waals surface area contributed by atoms with Gasteiger partial charge >= 0.3 is 0 Å². The molecule has 1 rings (SSSR count). The molecule has 154 valence electrons. The molecule has 4 heteroatoms. The van der Waals surface area contributed by atoms with E-state index in [0.717, 1.165) is 0 Å². The third-order valence-electron chi connectivity index (χ3n) is 3.23. The van der Waals surface area contributed by atoms with Gasteiger partial charge in [-0.25, -0.2) is 0 Å². The Morgan fingerprint density at radius 3 is 1.41 bits per heavy atom. The van der Waals surface area contributed by atoms with Crippen molar-refractivity contribution < 1.29 is 19.0 Å². The van der Waals surface area contributed by atoms with E-state index >= 15 is 0 Å². The van der Waals surface area contributed by atoms with Crippen LogP contribution in [0.15, 0.2) is 12.1 Å². The first kappa shape index (κ1) is 23.3. The first-order chi connectivity index (χ1) is 11.8. The summed E-state index contributed by atoms with van der Waals surface area (Å²) in [7, 11) is 0. The molecule has 0 fully saturated rings. The summed E-state index contributed by atoms with van der Waals surface area (Å²) in [4.78, 5) is 13.1. The van der Waals surface area contributed by atoms with Gasteiger partial charge in [-0.05, 0) is 74.4 Å². The van der Waals surface area contributed by atoms with Gasteiger partial charge in [0, 0.05) is 5.41 Å². The number of carbonyl (C=O) groups excluding carboxylic acids is 1. The van der Waals surface area contributed by atoms with Crippen molar-refractivity contribution in [2.24, 2.45) is 5.41 Å². The molecule has 0 spiro atoms. The quantitative estimate of drug-likeness (QED) is 0.565. The minimum Gasteiger partial charge on any atom is -0.484 e. The molecule has 0 saturated heterocycles. The summed E-state index contributed by atoms with van der Waals surface area (Å²) in [5.41, 5.74) is -1.41. The second kappa shape index (κ2) is 7.37. The fourth-order valence-corrected chi connectivity index (χ4v) is 2.35. The lowest BCUT2D eigenvalue weighted by Gasteiger charge is -2.32. The Balaban J connectivity index is 3.76. The van der Waals surface area contributed by atoms with Crippen molar-refractivity contribution in [2.45, 2.75) is 99.9 Å². The van der Waals surface area contributed by atoms with Gasteiger partial charge < -0.3 is 14.2 Å². The van der Waals surface area contributed by atoms with Crippen molar-refractivity contribution in [3.05, 3.63) is 17.7 Å². The van der Waals surface area contributed by atoms with Gasteiger partial charge in [0.15, 0.2) is 17.3 Å². The van der Waals surface area contributed by atoms with Gasteiger partial charge in [0.1, 0.15) is 16.8 Å². The topological polar surface area (TPSA) is 44.8 Å². The van der Waals surface area contributed by atoms with Gasteiger partial charge in [-0.3, -0.25) is 4.79 Å². The molecule has 0 saturated carbocycles. The number of rotatable bonds is 4. The smallest absolute Gasteiger partial charge is 0.204 e. The fourth-order valence-electron chi connectivity index (χ4n) is 2.35. The highest BCUT2D eigenvalue weighted by molar-refractivity contribution is 6.03. The summed E-state index contributed by atoms with van der Waals surface area (Å²) in [5, 5.41) is 0. The van der Waals surface area contributed by atoms with Crippen molar-refractivity contribution in [1.29, 1.82) is 0 Å². The molecule has 1 aromatic carbocycles. The Morgan fingerprint density at radius 1 is 0.630 bits per heavy atom. The van der Waals surface area contributed by atoms with E-state index in [4.69, 9.17) is 14.2 Å². The summed E-state index contributed by atoms with van der Waals surface area (Å²) in [6.45, 7) is 23.4. The van der Waals surface area contributed by atoms with Crippen LogP contribution < -0.4 is 14.2 Å². The van der Waals surface area contributed by atoms with Gasteiger partial charge in [0.05, 0.1) is 5.56 Å². The zero-order valence-electron chi connectivity index (χ0n) is 19.3. The SMILES string of the molecule is CC(C)(C)Oc1ccc(C(=O)C(C)(C)C)c(OC(C)(C)C)c1OC(C)(C)C. The number of hydrogen-bond donors (Lipinski definition) is 0. The maximum atomic E-state index is 13.1. The fraction of sp³-hybridized carbons (Fsp3) is 0.696. The number of benzene rings is 1. The summed E-state index contributed by atoms with van der Waals surface area (Å²) in [6.07, 6.45) is 0. The average molecular weight is 379 g/mol. The zero-order chi connectivity index (χ0) is 21.4. The van der Waals surface area contributed by atoms with Crippen LogP contribution in [0.5, 0.6) is 17.2 Å². The van der Waals surface area contributed by atoms with Gasteiger partial charge in [-0.1, -0.05) is 20.8 Å². The molecule has 0 radical (unpaired) electrons. The molecule has 0 unspecified atom stereocenters. The van der Waals surface area contributed by atoms with Crippen LogP contribution in [0, 0.1) is 5.41 Å². The molecular weight excluding hydrogens is 340 g/mol. The summed E-state index contributed by atoms with van der Waals surface area (Å²) >= 11 is 0. The molecule has 0 aliphatic rings. The first-order valence-electron chi connectivity index (χ1n) is 9.59. The molecule has 4 nitrogen and oxygen atoms in total. The Bertz CT molecular complexity index is 675. The lowest BCUT2D eigenvalue weighted by atomic mass is 9.86. The molecule has 0 aliphatic carbocycles. The van der Waals surface area contributed by atoms with E-state index in [1.165, 1.54) is 0 Å². The van der Waals surface area contributed by atoms with Crippen molar-refractivity contribution in [1.82, 2.24) is 0 Å². The third-order valence-corrected chi connectivity index (χ3v) is 3.23. The first-order valence-corrected chi connectivity index (χ1v) is 9.59. The molecule has 0 amide bonds. The van der Waals surface area contributed by atoms with Crippen LogP contribution in [-0.2, 0) is 0 Å². The van der Waals surface area contributed by atoms with Crippen LogP contribution in [0.2, 0.25) is 0 Å². The zero-order valence-corrected chi connectivity index (χ0v) is 19.3. The Labute approximate surface area is 165 Å². The summed E-state index contributed by atoms with van der Waals surface area (Å²) in [5.74, 6) is 1.49. The van der Waals surface area contributed by atoms with E-state index < -0.39 is 22.2 Å². The average Bonchev–Trinajstić information content (AvgIpc) is 2.36. The van der Waals surface area contributed by atoms with E-state index in [1.54, 1.807) is 12.1 Å². The minimum atomic E-state index is -0.540. The monoisotopic (exact) mass is 378 g/mol. The van der Waals surface area contributed by atoms with E-state index in [9.17, 15) is 4.79 Å². The van der Waals surface area contributed by atoms with Crippen LogP contribution >= 0.6 is 0 Å². The predicted octanol–water partition coefficient (Wildman–Crippen LogP) is 6.45. The van der Waals surface area contributed by atoms with E-state index in [-0.39, 0.29) is 5.78 Å². The lowest BCUT2D eigenvalue weighted by molar-refractivity contribution is 0.0732. The number of ether oxygens (including phenoxy) is 3. The molecular formula is C23H38O4. The summed E-state index contributed by atoms with van der Waals surface area (Å²) in [6, 6.07) is 3.59. The molecule has 0 bridgehead atoms. The van der Waals surface area contributed by atoms with Crippen LogP contribution in [0.4, 0.5) is 0 Å². The van der Waals surface area contributed by atoms with Crippen molar-refractivity contribution in [3.63, 3.8) is 0 Å². The van der Waals surface area contributed by atoms with E-state index in [0.29, 0.717) is 22.8 Å². The van der Waals surface area contributed by atoms with Crippen LogP contribution in [0.25, 0.3) is 0 Å². The molecule has 0 N–H and O–H groups in total. The van der Waals surface area contributed by atoms with Crippen molar-refractivity contribution in [2.75, 3.05) is 0 Å². The Morgan fingerprint density at radius 2 is 1.04 bits per heavy atom. The van der Waals surface area contributed by atoms with Crippen LogP contribution in [0.3, 0.4) is 0 Å². The Kier molecular flexibility index (Phi) is 6.37. The molecule has 0 aliphatic heterocycles. The molecule has 1 aromatic rings. The number of ketones is 1. The van der Waals surface area contributed by atoms with E-state index in [2.05, 4.69) is 0 Å². The lowest BCUT2D eigenvalue weighted by Crippen LogP contribution is -2.30. The van der Waals surface area contributed by atoms with E-state index in [1.807, 2.05) is 83.1 Å². The predicted molar refractivity (Wildman–Crippen MR) is 111 cm³/mol. The highest BCUT2D eigenvalue weighted by Crippen LogP contribution is 2.46. The van der Waals surface area contributed by atoms with Gasteiger partial charge in [0.25, 0.3) is 0 Å². The number of carbonyl (C=O) groups is 1. The molecule has 0 aromatic heterocycles. The molecule has 0 atom stereocenters. The standard InChI is InChI=1S/C23H38O4/c1-20(2,3)19(24)15-13-14-16(25-21(4,5)6)18(27-23(10,11)12)17(15)26-22(7,8)9/h13-14H,1-12H3. The van der Waals surface area contributed by atoms with Crippen molar-refractivity contribution >= 4 is 5.78 Å². The third kappa shape index (κ3) is 7.43. The van der Waals surface area contributed by atoms with Gasteiger partial charge in [0.2, 0.25) is 5.75 Å². The Hall–Kier alpha value is -1.71. The minimum absolute atomic E-state index is 0.00261. The number of hydrogen-bond acceptors (Lipinski definition) is 4. The van der Waals surface area contributed by atoms with Gasteiger partial charge in [-0.15, -0.1) is 0 Å². The van der Waals surface area contributed by atoms with Crippen LogP contribution in [0.1, 0.15) is 93.4 Å². The normalized spacial score (nSPS) is 13.3. The maximum Gasteiger partial charge on any atom is 0.204 e. The summed E-state index contributed by atoms with van der Waals surface area (Å²) < 4.78 is 18.7. The van der Waals surface area contributed by atoms with Crippen molar-refractivity contribution in [3.8, 4) is 17.2 Å². The maximum absolute atomic E-state index is 13.1. The largest absolute Gasteiger partial charge is 0.484 e. The van der Waals surface area contributed by atoms with Gasteiger partial charge in [-0.2, -0.15) is 0 Å².